The zero-order valence-electron chi connectivity index (χ0n) is 13.7. The maximum atomic E-state index is 12.4. The molecule has 0 aromatic heterocycles. The van der Waals surface area contributed by atoms with E-state index in [-0.39, 0.29) is 11.4 Å². The minimum atomic E-state index is -0.594. The van der Waals surface area contributed by atoms with Crippen molar-refractivity contribution in [2.75, 3.05) is 0 Å². The number of hydrogen-bond acceptors (Lipinski definition) is 2. The Morgan fingerprint density at radius 2 is 1.87 bits per heavy atom. The highest BCUT2D eigenvalue weighted by molar-refractivity contribution is 6.30. The number of rotatable bonds is 6. The number of benzene rings is 2. The molecule has 0 unspecified atom stereocenters. The minimum Gasteiger partial charge on any atom is -0.481 e. The molecule has 0 aliphatic rings. The Morgan fingerprint density at radius 3 is 2.52 bits per heavy atom. The third-order valence-electron chi connectivity index (χ3n) is 3.43. The smallest absolute Gasteiger partial charge is 0.261 e. The van der Waals surface area contributed by atoms with Gasteiger partial charge in [-0.05, 0) is 51.0 Å². The largest absolute Gasteiger partial charge is 0.481 e. The predicted octanol–water partition coefficient (Wildman–Crippen LogP) is 4.24. The Bertz CT molecular complexity index is 655. The summed E-state index contributed by atoms with van der Waals surface area (Å²) < 4.78 is 5.66. The van der Waals surface area contributed by atoms with Crippen LogP contribution < -0.4 is 10.1 Å². The van der Waals surface area contributed by atoms with Crippen molar-refractivity contribution in [2.45, 2.75) is 38.8 Å². The van der Waals surface area contributed by atoms with Crippen LogP contribution in [0.1, 0.15) is 26.3 Å². The van der Waals surface area contributed by atoms with Gasteiger partial charge in [0.25, 0.3) is 5.91 Å². The first-order valence-corrected chi connectivity index (χ1v) is 8.02. The van der Waals surface area contributed by atoms with E-state index < -0.39 is 6.10 Å². The molecule has 0 radical (unpaired) electrons. The maximum absolute atomic E-state index is 12.4. The Kier molecular flexibility index (Phi) is 5.67. The molecule has 0 fully saturated rings. The first kappa shape index (κ1) is 17.4. The van der Waals surface area contributed by atoms with Crippen molar-refractivity contribution >= 4 is 17.5 Å². The number of halogens is 1. The van der Waals surface area contributed by atoms with E-state index >= 15 is 0 Å². The van der Waals surface area contributed by atoms with Gasteiger partial charge in [-0.3, -0.25) is 4.79 Å². The van der Waals surface area contributed by atoms with Crippen molar-refractivity contribution in [1.82, 2.24) is 5.32 Å². The lowest BCUT2D eigenvalue weighted by Crippen LogP contribution is -2.49. The Labute approximate surface area is 142 Å². The molecule has 1 amide bonds. The van der Waals surface area contributed by atoms with E-state index in [0.717, 1.165) is 6.42 Å². The van der Waals surface area contributed by atoms with E-state index in [9.17, 15) is 4.79 Å². The average Bonchev–Trinajstić information content (AvgIpc) is 2.47. The van der Waals surface area contributed by atoms with Gasteiger partial charge in [0.15, 0.2) is 6.10 Å². The molecule has 4 heteroatoms. The van der Waals surface area contributed by atoms with Gasteiger partial charge in [-0.15, -0.1) is 0 Å². The summed E-state index contributed by atoms with van der Waals surface area (Å²) in [5, 5.41) is 3.63. The van der Waals surface area contributed by atoms with Crippen LogP contribution in [0.2, 0.25) is 5.02 Å². The topological polar surface area (TPSA) is 38.3 Å². The zero-order valence-corrected chi connectivity index (χ0v) is 14.4. The molecule has 0 aliphatic heterocycles. The maximum Gasteiger partial charge on any atom is 0.261 e. The van der Waals surface area contributed by atoms with Gasteiger partial charge in [0, 0.05) is 10.6 Å². The summed E-state index contributed by atoms with van der Waals surface area (Å²) in [4.78, 5) is 12.4. The monoisotopic (exact) mass is 331 g/mol. The molecule has 0 aliphatic carbocycles. The lowest BCUT2D eigenvalue weighted by Gasteiger charge is -2.28. The summed E-state index contributed by atoms with van der Waals surface area (Å²) in [6.45, 7) is 5.74. The van der Waals surface area contributed by atoms with Gasteiger partial charge < -0.3 is 10.1 Å². The lowest BCUT2D eigenvalue weighted by atomic mass is 9.94. The Balaban J connectivity index is 1.94. The van der Waals surface area contributed by atoms with E-state index in [4.69, 9.17) is 16.3 Å². The summed E-state index contributed by atoms with van der Waals surface area (Å²) in [7, 11) is 0. The van der Waals surface area contributed by atoms with Crippen molar-refractivity contribution in [1.29, 1.82) is 0 Å². The van der Waals surface area contributed by atoms with E-state index in [1.165, 1.54) is 5.56 Å². The van der Waals surface area contributed by atoms with Crippen molar-refractivity contribution in [3.05, 3.63) is 65.2 Å². The van der Waals surface area contributed by atoms with Crippen molar-refractivity contribution in [2.24, 2.45) is 0 Å². The highest BCUT2D eigenvalue weighted by Crippen LogP contribution is 2.19. The fourth-order valence-electron chi connectivity index (χ4n) is 2.38. The van der Waals surface area contributed by atoms with Crippen LogP contribution in [0.15, 0.2) is 54.6 Å². The van der Waals surface area contributed by atoms with Crippen LogP contribution >= 0.6 is 11.6 Å². The van der Waals surface area contributed by atoms with Gasteiger partial charge in [-0.2, -0.15) is 0 Å². The summed E-state index contributed by atoms with van der Waals surface area (Å²) >= 11 is 5.92. The van der Waals surface area contributed by atoms with E-state index in [1.807, 2.05) is 32.0 Å². The number of carbonyl (C=O) groups is 1. The third kappa shape index (κ3) is 5.61. The van der Waals surface area contributed by atoms with Crippen LogP contribution in [0, 0.1) is 0 Å². The first-order valence-electron chi connectivity index (χ1n) is 7.64. The molecule has 1 N–H and O–H groups in total. The number of carbonyl (C=O) groups excluding carboxylic acids is 1. The molecule has 1 atom stereocenters. The first-order chi connectivity index (χ1) is 10.9. The third-order valence-corrected chi connectivity index (χ3v) is 3.66. The predicted molar refractivity (Wildman–Crippen MR) is 93.9 cm³/mol. The van der Waals surface area contributed by atoms with Gasteiger partial charge in [0.2, 0.25) is 0 Å². The van der Waals surface area contributed by atoms with Crippen molar-refractivity contribution in [3.8, 4) is 5.75 Å². The minimum absolute atomic E-state index is 0.147. The molecule has 2 aromatic carbocycles. The van der Waals surface area contributed by atoms with Gasteiger partial charge in [-0.1, -0.05) is 48.0 Å². The van der Waals surface area contributed by atoms with E-state index in [2.05, 4.69) is 17.4 Å². The second-order valence-corrected chi connectivity index (χ2v) is 6.69. The molecule has 23 heavy (non-hydrogen) atoms. The van der Waals surface area contributed by atoms with E-state index in [0.29, 0.717) is 10.8 Å². The van der Waals surface area contributed by atoms with Gasteiger partial charge in [-0.25, -0.2) is 0 Å². The van der Waals surface area contributed by atoms with Crippen LogP contribution in [0.3, 0.4) is 0 Å². The van der Waals surface area contributed by atoms with Gasteiger partial charge in [0.05, 0.1) is 0 Å². The summed E-state index contributed by atoms with van der Waals surface area (Å²) in [6.07, 6.45) is 0.159. The second kappa shape index (κ2) is 7.51. The number of ether oxygens (including phenoxy) is 1. The molecule has 0 bridgehead atoms. The van der Waals surface area contributed by atoms with Crippen molar-refractivity contribution < 1.29 is 9.53 Å². The molecule has 0 heterocycles. The van der Waals surface area contributed by atoms with Gasteiger partial charge in [0.1, 0.15) is 5.75 Å². The molecular formula is C19H22ClNO2. The zero-order chi connectivity index (χ0) is 16.9. The Morgan fingerprint density at radius 1 is 1.17 bits per heavy atom. The van der Waals surface area contributed by atoms with Crippen LogP contribution in [0.5, 0.6) is 5.75 Å². The molecule has 2 aromatic rings. The quantitative estimate of drug-likeness (QED) is 0.859. The van der Waals surface area contributed by atoms with Crippen LogP contribution in [0.25, 0.3) is 0 Å². The highest BCUT2D eigenvalue weighted by atomic mass is 35.5. The fourth-order valence-corrected chi connectivity index (χ4v) is 2.56. The van der Waals surface area contributed by atoms with Crippen LogP contribution in [0.4, 0.5) is 0 Å². The molecule has 0 saturated carbocycles. The highest BCUT2D eigenvalue weighted by Gasteiger charge is 2.24. The number of nitrogens with one attached hydrogen (secondary N) is 1. The average molecular weight is 332 g/mol. The SMILES string of the molecule is C[C@H](Oc1cccc(Cl)c1)C(=O)NC(C)(C)Cc1ccccc1. The molecular weight excluding hydrogens is 310 g/mol. The summed E-state index contributed by atoms with van der Waals surface area (Å²) in [5.74, 6) is 0.437. The van der Waals surface area contributed by atoms with E-state index in [1.54, 1.807) is 31.2 Å². The lowest BCUT2D eigenvalue weighted by molar-refractivity contribution is -0.128. The molecule has 2 rings (SSSR count). The second-order valence-electron chi connectivity index (χ2n) is 6.25. The standard InChI is InChI=1S/C19H22ClNO2/c1-14(23-17-11-7-10-16(20)12-17)18(22)21-19(2,3)13-15-8-5-4-6-9-15/h4-12,14H,13H2,1-3H3,(H,21,22)/t14-/m0/s1. The normalized spacial score (nSPS) is 12.5. The molecule has 0 saturated heterocycles. The van der Waals surface area contributed by atoms with Gasteiger partial charge >= 0.3 is 0 Å². The fraction of sp³-hybridized carbons (Fsp3) is 0.316. The Hall–Kier alpha value is -2.00. The number of hydrogen-bond donors (Lipinski definition) is 1. The van der Waals surface area contributed by atoms with Crippen molar-refractivity contribution in [3.63, 3.8) is 0 Å². The summed E-state index contributed by atoms with van der Waals surface area (Å²) in [6, 6.07) is 17.1. The molecule has 0 spiro atoms. The molecule has 3 nitrogen and oxygen atoms in total. The summed E-state index contributed by atoms with van der Waals surface area (Å²) in [5.41, 5.74) is 0.825. The number of amides is 1. The van der Waals surface area contributed by atoms with Crippen LogP contribution in [-0.4, -0.2) is 17.6 Å². The van der Waals surface area contributed by atoms with Crippen LogP contribution in [-0.2, 0) is 11.2 Å². The molecule has 122 valence electrons.